The molecule has 0 saturated heterocycles. The van der Waals surface area contributed by atoms with Crippen LogP contribution in [0.5, 0.6) is 11.5 Å². The van der Waals surface area contributed by atoms with Crippen molar-refractivity contribution in [2.75, 3.05) is 6.61 Å². The van der Waals surface area contributed by atoms with Crippen LogP contribution in [0.3, 0.4) is 0 Å². The van der Waals surface area contributed by atoms with Crippen LogP contribution >= 0.6 is 43.5 Å². The van der Waals surface area contributed by atoms with Crippen molar-refractivity contribution in [1.29, 1.82) is 0 Å². The maximum Gasteiger partial charge on any atom is 0.343 e. The summed E-state index contributed by atoms with van der Waals surface area (Å²) >= 11 is 12.8. The van der Waals surface area contributed by atoms with Gasteiger partial charge in [-0.25, -0.2) is 10.2 Å². The van der Waals surface area contributed by atoms with Crippen LogP contribution in [-0.4, -0.2) is 24.7 Å². The Morgan fingerprint density at radius 2 is 1.69 bits per heavy atom. The smallest absolute Gasteiger partial charge is 0.343 e. The van der Waals surface area contributed by atoms with Gasteiger partial charge in [0.05, 0.1) is 16.3 Å². The van der Waals surface area contributed by atoms with Crippen molar-refractivity contribution in [2.45, 2.75) is 0 Å². The lowest BCUT2D eigenvalue weighted by atomic mass is 10.1. The lowest BCUT2D eigenvalue weighted by Gasteiger charge is -2.10. The SMILES string of the molecule is O=C(COc1ccc2ccccc2c1Br)N/N=C\c1cc(Br)ccc1OC(=O)c1ccc(Cl)cc1. The highest BCUT2D eigenvalue weighted by molar-refractivity contribution is 9.11. The van der Waals surface area contributed by atoms with E-state index >= 15 is 0 Å². The number of esters is 1. The van der Waals surface area contributed by atoms with Crippen molar-refractivity contribution in [3.8, 4) is 11.5 Å². The minimum atomic E-state index is -0.544. The molecule has 0 aliphatic carbocycles. The average molecular weight is 617 g/mol. The molecule has 0 spiro atoms. The van der Waals surface area contributed by atoms with Gasteiger partial charge in [-0.05, 0) is 75.2 Å². The molecule has 0 heterocycles. The van der Waals surface area contributed by atoms with E-state index in [0.717, 1.165) is 19.7 Å². The van der Waals surface area contributed by atoms with Crippen LogP contribution in [0.1, 0.15) is 15.9 Å². The van der Waals surface area contributed by atoms with Gasteiger partial charge in [0, 0.05) is 15.1 Å². The van der Waals surface area contributed by atoms with E-state index in [1.165, 1.54) is 6.21 Å². The summed E-state index contributed by atoms with van der Waals surface area (Å²) in [5.74, 6) is -0.165. The lowest BCUT2D eigenvalue weighted by Crippen LogP contribution is -2.24. The van der Waals surface area contributed by atoms with Gasteiger partial charge >= 0.3 is 5.97 Å². The summed E-state index contributed by atoms with van der Waals surface area (Å²) in [7, 11) is 0. The van der Waals surface area contributed by atoms with Crippen molar-refractivity contribution in [2.24, 2.45) is 5.10 Å². The van der Waals surface area contributed by atoms with Crippen LogP contribution in [-0.2, 0) is 4.79 Å². The third-order valence-electron chi connectivity index (χ3n) is 4.83. The first kappa shape index (κ1) is 24.9. The fourth-order valence-corrected chi connectivity index (χ4v) is 4.24. The van der Waals surface area contributed by atoms with Crippen LogP contribution in [0, 0.1) is 0 Å². The Balaban J connectivity index is 1.38. The number of hydrogen-bond donors (Lipinski definition) is 1. The molecule has 9 heteroatoms. The average Bonchev–Trinajstić information content (AvgIpc) is 2.85. The molecule has 0 aliphatic heterocycles. The van der Waals surface area contributed by atoms with Gasteiger partial charge in [-0.1, -0.05) is 57.9 Å². The number of hydrazone groups is 1. The Bertz CT molecular complexity index is 1430. The second kappa shape index (κ2) is 11.5. The fraction of sp³-hybridized carbons (Fsp3) is 0.0385. The number of amides is 1. The molecule has 0 unspecified atom stereocenters. The zero-order valence-corrected chi connectivity index (χ0v) is 21.9. The molecule has 4 aromatic rings. The molecule has 0 aromatic heterocycles. The van der Waals surface area contributed by atoms with Crippen LogP contribution in [0.15, 0.2) is 92.9 Å². The van der Waals surface area contributed by atoms with E-state index in [2.05, 4.69) is 42.4 Å². The van der Waals surface area contributed by atoms with Gasteiger partial charge < -0.3 is 9.47 Å². The zero-order chi connectivity index (χ0) is 24.8. The van der Waals surface area contributed by atoms with Crippen LogP contribution < -0.4 is 14.9 Å². The number of halogens is 3. The summed E-state index contributed by atoms with van der Waals surface area (Å²) in [5.41, 5.74) is 3.25. The molecule has 0 aliphatic rings. The number of nitrogens with zero attached hydrogens (tertiary/aromatic N) is 1. The largest absolute Gasteiger partial charge is 0.483 e. The maximum absolute atomic E-state index is 12.5. The molecule has 6 nitrogen and oxygen atoms in total. The van der Waals surface area contributed by atoms with Crippen LogP contribution in [0.25, 0.3) is 10.8 Å². The fourth-order valence-electron chi connectivity index (χ4n) is 3.13. The number of carbonyl (C=O) groups is 2. The first-order valence-corrected chi connectivity index (χ1v) is 12.3. The standard InChI is InChI=1S/C26H17Br2ClN2O4/c27-19-8-12-22(35-26(33)17-5-9-20(29)10-6-17)18(13-19)14-30-31-24(32)15-34-23-11-7-16-3-1-2-4-21(16)25(23)28/h1-14H,15H2,(H,31,32)/b30-14-. The number of fused-ring (bicyclic) bond motifs is 1. The summed E-state index contributed by atoms with van der Waals surface area (Å²) in [4.78, 5) is 24.7. The number of hydrogen-bond acceptors (Lipinski definition) is 5. The molecule has 176 valence electrons. The van der Waals surface area contributed by atoms with E-state index in [0.29, 0.717) is 21.9 Å². The summed E-state index contributed by atoms with van der Waals surface area (Å²) in [6.45, 7) is -0.231. The second-order valence-electron chi connectivity index (χ2n) is 7.26. The van der Waals surface area contributed by atoms with E-state index in [-0.39, 0.29) is 12.4 Å². The van der Waals surface area contributed by atoms with E-state index in [9.17, 15) is 9.59 Å². The molecule has 0 radical (unpaired) electrons. The number of rotatable bonds is 7. The van der Waals surface area contributed by atoms with Gasteiger partial charge in [-0.3, -0.25) is 4.79 Å². The summed E-state index contributed by atoms with van der Waals surface area (Å²) in [6, 6.07) is 23.0. The van der Waals surface area contributed by atoms with Gasteiger partial charge in [-0.2, -0.15) is 5.10 Å². The molecule has 1 amide bonds. The number of benzene rings is 4. The highest BCUT2D eigenvalue weighted by Gasteiger charge is 2.12. The van der Waals surface area contributed by atoms with Crippen molar-refractivity contribution in [3.05, 3.63) is 104 Å². The van der Waals surface area contributed by atoms with E-state index in [1.807, 2.05) is 30.3 Å². The Morgan fingerprint density at radius 1 is 0.943 bits per heavy atom. The molecular formula is C26H17Br2ClN2O4. The minimum Gasteiger partial charge on any atom is -0.483 e. The van der Waals surface area contributed by atoms with E-state index < -0.39 is 11.9 Å². The van der Waals surface area contributed by atoms with Gasteiger partial charge in [0.25, 0.3) is 5.91 Å². The minimum absolute atomic E-state index is 0.231. The van der Waals surface area contributed by atoms with E-state index in [1.54, 1.807) is 48.5 Å². The third kappa shape index (κ3) is 6.48. The molecule has 1 N–H and O–H groups in total. The normalized spacial score (nSPS) is 10.9. The topological polar surface area (TPSA) is 77.0 Å². The van der Waals surface area contributed by atoms with Crippen LogP contribution in [0.2, 0.25) is 5.02 Å². The molecule has 4 aromatic carbocycles. The quantitative estimate of drug-likeness (QED) is 0.108. The van der Waals surface area contributed by atoms with Crippen LogP contribution in [0.4, 0.5) is 0 Å². The van der Waals surface area contributed by atoms with Gasteiger partial charge in [-0.15, -0.1) is 0 Å². The second-order valence-corrected chi connectivity index (χ2v) is 9.40. The molecule has 35 heavy (non-hydrogen) atoms. The first-order chi connectivity index (χ1) is 16.9. The van der Waals surface area contributed by atoms with E-state index in [4.69, 9.17) is 21.1 Å². The number of carbonyl (C=O) groups excluding carboxylic acids is 2. The maximum atomic E-state index is 12.5. The Morgan fingerprint density at radius 3 is 2.49 bits per heavy atom. The van der Waals surface area contributed by atoms with Crippen molar-refractivity contribution in [3.63, 3.8) is 0 Å². The zero-order valence-electron chi connectivity index (χ0n) is 18.0. The summed E-state index contributed by atoms with van der Waals surface area (Å²) in [5, 5.41) is 6.54. The monoisotopic (exact) mass is 614 g/mol. The van der Waals surface area contributed by atoms with Crippen molar-refractivity contribution in [1.82, 2.24) is 5.43 Å². The predicted octanol–water partition coefficient (Wildman–Crippen LogP) is 6.77. The van der Waals surface area contributed by atoms with Gasteiger partial charge in [0.2, 0.25) is 0 Å². The lowest BCUT2D eigenvalue weighted by molar-refractivity contribution is -0.123. The van der Waals surface area contributed by atoms with Crippen molar-refractivity contribution >= 4 is 72.3 Å². The molecule has 0 saturated carbocycles. The molecular weight excluding hydrogens is 600 g/mol. The molecule has 0 bridgehead atoms. The summed E-state index contributed by atoms with van der Waals surface area (Å²) in [6.07, 6.45) is 1.39. The third-order valence-corrected chi connectivity index (χ3v) is 6.40. The molecule has 0 atom stereocenters. The first-order valence-electron chi connectivity index (χ1n) is 10.3. The Hall–Kier alpha value is -3.20. The molecule has 4 rings (SSSR count). The predicted molar refractivity (Wildman–Crippen MR) is 143 cm³/mol. The highest BCUT2D eigenvalue weighted by Crippen LogP contribution is 2.33. The van der Waals surface area contributed by atoms with Crippen molar-refractivity contribution < 1.29 is 19.1 Å². The van der Waals surface area contributed by atoms with Gasteiger partial charge in [0.1, 0.15) is 11.5 Å². The van der Waals surface area contributed by atoms with Gasteiger partial charge in [0.15, 0.2) is 6.61 Å². The number of nitrogens with one attached hydrogen (secondary N) is 1. The Labute approximate surface area is 223 Å². The summed E-state index contributed by atoms with van der Waals surface area (Å²) < 4.78 is 12.7. The highest BCUT2D eigenvalue weighted by atomic mass is 79.9. The Kier molecular flexibility index (Phi) is 8.17. The number of ether oxygens (including phenoxy) is 2. The molecule has 0 fully saturated rings.